The molecule has 0 amide bonds. The van der Waals surface area contributed by atoms with E-state index < -0.39 is 5.97 Å². The minimum Gasteiger partial charge on any atom is -0.478 e. The van der Waals surface area contributed by atoms with Gasteiger partial charge in [0.15, 0.2) is 5.43 Å². The molecule has 1 atom stereocenters. The van der Waals surface area contributed by atoms with Crippen LogP contribution in [-0.4, -0.2) is 16.1 Å². The minimum absolute atomic E-state index is 0.141. The first-order valence-electron chi connectivity index (χ1n) is 9.51. The van der Waals surface area contributed by atoms with E-state index in [1.165, 1.54) is 6.07 Å². The van der Waals surface area contributed by atoms with Crippen LogP contribution in [0.25, 0.3) is 22.3 Å². The fourth-order valence-electron chi connectivity index (χ4n) is 3.51. The molecule has 0 spiro atoms. The number of carboxylic acid groups (broad SMARTS) is 1. The molecule has 0 bridgehead atoms. The second kappa shape index (κ2) is 7.83. The van der Waals surface area contributed by atoms with Gasteiger partial charge in [0.05, 0.1) is 17.0 Å². The van der Waals surface area contributed by atoms with Crippen molar-refractivity contribution in [3.05, 3.63) is 93.9 Å². The Kier molecular flexibility index (Phi) is 5.06. The van der Waals surface area contributed by atoms with E-state index >= 15 is 0 Å². The summed E-state index contributed by atoms with van der Waals surface area (Å²) in [6, 6.07) is 15.2. The predicted octanol–water partition coefficient (Wildman–Crippen LogP) is 5.03. The number of aryl methyl sites for hydroxylation is 1. The molecule has 150 valence electrons. The fraction of sp³-hybridized carbons (Fsp3) is 0.125. The minimum atomic E-state index is -1.01. The largest absolute Gasteiger partial charge is 0.478 e. The lowest BCUT2D eigenvalue weighted by Crippen LogP contribution is -2.12. The van der Waals surface area contributed by atoms with Gasteiger partial charge in [-0.05, 0) is 49.7 Å². The maximum atomic E-state index is 12.8. The van der Waals surface area contributed by atoms with Crippen molar-refractivity contribution >= 4 is 22.6 Å². The number of carboxylic acids is 1. The van der Waals surface area contributed by atoms with Crippen LogP contribution in [-0.2, 0) is 0 Å². The average Bonchev–Trinajstić information content (AvgIpc) is 2.74. The number of anilines is 1. The highest BCUT2D eigenvalue weighted by Gasteiger charge is 2.18. The molecule has 2 heterocycles. The number of fused-ring (bicyclic) bond motifs is 1. The summed E-state index contributed by atoms with van der Waals surface area (Å²) in [5.74, 6) is -0.575. The third-order valence-electron chi connectivity index (χ3n) is 4.94. The number of aromatic carboxylic acids is 1. The number of para-hydroxylation sites is 1. The number of hydrogen-bond acceptors (Lipinski definition) is 5. The van der Waals surface area contributed by atoms with Gasteiger partial charge in [-0.2, -0.15) is 0 Å². The van der Waals surface area contributed by atoms with Crippen molar-refractivity contribution in [1.29, 1.82) is 0 Å². The SMILES string of the molecule is Cc1cc([C@@H](C)Nc2ccccc2C(=O)O)c2oc(-c3cccnc3)cc(=O)c2c1. The van der Waals surface area contributed by atoms with Gasteiger partial charge in [-0.3, -0.25) is 9.78 Å². The van der Waals surface area contributed by atoms with Gasteiger partial charge >= 0.3 is 5.97 Å². The van der Waals surface area contributed by atoms with E-state index in [1.807, 2.05) is 26.0 Å². The smallest absolute Gasteiger partial charge is 0.337 e. The van der Waals surface area contributed by atoms with E-state index in [0.29, 0.717) is 28.0 Å². The maximum Gasteiger partial charge on any atom is 0.337 e. The molecule has 4 rings (SSSR count). The Morgan fingerprint density at radius 3 is 2.67 bits per heavy atom. The second-order valence-corrected chi connectivity index (χ2v) is 7.16. The molecule has 0 aliphatic heterocycles. The van der Waals surface area contributed by atoms with Gasteiger partial charge in [0.25, 0.3) is 0 Å². The van der Waals surface area contributed by atoms with Gasteiger partial charge in [-0.15, -0.1) is 0 Å². The van der Waals surface area contributed by atoms with Gasteiger partial charge in [0.1, 0.15) is 11.3 Å². The molecular formula is C24H20N2O4. The van der Waals surface area contributed by atoms with Gasteiger partial charge < -0.3 is 14.8 Å². The van der Waals surface area contributed by atoms with Gasteiger partial charge in [0, 0.05) is 35.3 Å². The zero-order valence-corrected chi connectivity index (χ0v) is 16.5. The Hall–Kier alpha value is -3.93. The molecule has 0 radical (unpaired) electrons. The molecule has 0 fully saturated rings. The normalized spacial score (nSPS) is 11.9. The van der Waals surface area contributed by atoms with Gasteiger partial charge in [-0.1, -0.05) is 18.2 Å². The van der Waals surface area contributed by atoms with E-state index in [2.05, 4.69) is 10.3 Å². The number of aromatic nitrogens is 1. The number of nitrogens with one attached hydrogen (secondary N) is 1. The lowest BCUT2D eigenvalue weighted by Gasteiger charge is -2.19. The third-order valence-corrected chi connectivity index (χ3v) is 4.94. The first-order chi connectivity index (χ1) is 14.4. The van der Waals surface area contributed by atoms with Crippen molar-refractivity contribution < 1.29 is 14.3 Å². The molecule has 6 heteroatoms. The van der Waals surface area contributed by atoms with Crippen molar-refractivity contribution in [2.75, 3.05) is 5.32 Å². The van der Waals surface area contributed by atoms with Crippen molar-refractivity contribution in [3.63, 3.8) is 0 Å². The van der Waals surface area contributed by atoms with Crippen LogP contribution in [0.4, 0.5) is 5.69 Å². The van der Waals surface area contributed by atoms with Crippen LogP contribution < -0.4 is 10.7 Å². The summed E-state index contributed by atoms with van der Waals surface area (Å²) in [5.41, 5.74) is 3.40. The molecule has 0 aliphatic rings. The quantitative estimate of drug-likeness (QED) is 0.488. The summed E-state index contributed by atoms with van der Waals surface area (Å²) in [6.45, 7) is 3.82. The highest BCUT2D eigenvalue weighted by molar-refractivity contribution is 5.94. The Bertz CT molecular complexity index is 1300. The molecule has 30 heavy (non-hydrogen) atoms. The summed E-state index contributed by atoms with van der Waals surface area (Å²) in [6.07, 6.45) is 3.30. The van der Waals surface area contributed by atoms with Gasteiger partial charge in [0.2, 0.25) is 0 Å². The van der Waals surface area contributed by atoms with Crippen LogP contribution >= 0.6 is 0 Å². The zero-order valence-electron chi connectivity index (χ0n) is 16.5. The van der Waals surface area contributed by atoms with Crippen LogP contribution in [0.1, 0.15) is 34.5 Å². The van der Waals surface area contributed by atoms with Crippen LogP contribution in [0.15, 0.2) is 76.2 Å². The first kappa shape index (κ1) is 19.4. The van der Waals surface area contributed by atoms with Gasteiger partial charge in [-0.25, -0.2) is 4.79 Å². The molecule has 2 aromatic carbocycles. The number of rotatable bonds is 5. The Balaban J connectivity index is 1.85. The van der Waals surface area contributed by atoms with Crippen LogP contribution in [0.2, 0.25) is 0 Å². The predicted molar refractivity (Wildman–Crippen MR) is 116 cm³/mol. The van der Waals surface area contributed by atoms with E-state index in [-0.39, 0.29) is 17.0 Å². The molecule has 2 aromatic heterocycles. The van der Waals surface area contributed by atoms with Crippen molar-refractivity contribution in [1.82, 2.24) is 4.98 Å². The highest BCUT2D eigenvalue weighted by Crippen LogP contribution is 2.31. The number of nitrogens with zero attached hydrogens (tertiary/aromatic N) is 1. The first-order valence-corrected chi connectivity index (χ1v) is 9.51. The molecule has 0 saturated heterocycles. The van der Waals surface area contributed by atoms with Crippen molar-refractivity contribution in [2.24, 2.45) is 0 Å². The standard InChI is InChI=1S/C24H20N2O4/c1-14-10-18(15(2)26-20-8-4-3-7-17(20)24(28)29)23-19(11-14)21(27)12-22(30-23)16-6-5-9-25-13-16/h3-13,15,26H,1-2H3,(H,28,29)/t15-/m1/s1. The van der Waals surface area contributed by atoms with Crippen molar-refractivity contribution in [2.45, 2.75) is 19.9 Å². The molecule has 0 unspecified atom stereocenters. The lowest BCUT2D eigenvalue weighted by atomic mass is 10.00. The average molecular weight is 400 g/mol. The van der Waals surface area contributed by atoms with E-state index in [4.69, 9.17) is 4.42 Å². The number of carbonyl (C=O) groups is 1. The molecular weight excluding hydrogens is 380 g/mol. The summed E-state index contributed by atoms with van der Waals surface area (Å²) in [7, 11) is 0. The Labute approximate surface area is 172 Å². The van der Waals surface area contributed by atoms with Crippen LogP contribution in [0.3, 0.4) is 0 Å². The number of benzene rings is 2. The Morgan fingerprint density at radius 1 is 1.13 bits per heavy atom. The molecule has 6 nitrogen and oxygen atoms in total. The van der Waals surface area contributed by atoms with Crippen LogP contribution in [0, 0.1) is 6.92 Å². The Morgan fingerprint density at radius 2 is 1.93 bits per heavy atom. The monoisotopic (exact) mass is 400 g/mol. The van der Waals surface area contributed by atoms with Crippen LogP contribution in [0.5, 0.6) is 0 Å². The van der Waals surface area contributed by atoms with Crippen molar-refractivity contribution in [3.8, 4) is 11.3 Å². The summed E-state index contributed by atoms with van der Waals surface area (Å²) >= 11 is 0. The summed E-state index contributed by atoms with van der Waals surface area (Å²) < 4.78 is 6.16. The molecule has 4 aromatic rings. The summed E-state index contributed by atoms with van der Waals surface area (Å²) in [5, 5.41) is 13.2. The van der Waals surface area contributed by atoms with E-state index in [9.17, 15) is 14.7 Å². The second-order valence-electron chi connectivity index (χ2n) is 7.16. The fourth-order valence-corrected chi connectivity index (χ4v) is 3.51. The molecule has 0 saturated carbocycles. The maximum absolute atomic E-state index is 12.8. The number of pyridine rings is 1. The highest BCUT2D eigenvalue weighted by atomic mass is 16.4. The topological polar surface area (TPSA) is 92.4 Å². The van der Waals surface area contributed by atoms with E-state index in [0.717, 1.165) is 11.1 Å². The third kappa shape index (κ3) is 3.67. The van der Waals surface area contributed by atoms with E-state index in [1.54, 1.807) is 48.8 Å². The zero-order chi connectivity index (χ0) is 21.3. The molecule has 2 N–H and O–H groups in total. The lowest BCUT2D eigenvalue weighted by molar-refractivity contribution is 0.0698. The summed E-state index contributed by atoms with van der Waals surface area (Å²) in [4.78, 5) is 28.5. The number of hydrogen-bond donors (Lipinski definition) is 2. The molecule has 0 aliphatic carbocycles.